The molecule has 1 heterocycles. The summed E-state index contributed by atoms with van der Waals surface area (Å²) >= 11 is 0. The molecule has 0 unspecified atom stereocenters. The predicted molar refractivity (Wildman–Crippen MR) is 63.7 cm³/mol. The minimum absolute atomic E-state index is 0.293. The van der Waals surface area contributed by atoms with Crippen molar-refractivity contribution in [3.63, 3.8) is 0 Å². The summed E-state index contributed by atoms with van der Waals surface area (Å²) in [5.41, 5.74) is 0.740. The molecule has 1 aliphatic rings. The van der Waals surface area contributed by atoms with Gasteiger partial charge in [0.05, 0.1) is 19.8 Å². The standard InChI is InChI=1S/C13H16FNO3/c1-2-17-13(16)15-6-7-18-12(9-15)10-4-3-5-11(14)8-10/h3-5,8,12H,2,6-7,9H2,1H3/t12-/m0/s1. The van der Waals surface area contributed by atoms with Crippen LogP contribution in [0.15, 0.2) is 24.3 Å². The van der Waals surface area contributed by atoms with Crippen LogP contribution in [0, 0.1) is 5.82 Å². The molecule has 1 fully saturated rings. The molecule has 1 aromatic carbocycles. The van der Waals surface area contributed by atoms with Gasteiger partial charge in [0.1, 0.15) is 11.9 Å². The largest absolute Gasteiger partial charge is 0.450 e. The van der Waals surface area contributed by atoms with Crippen LogP contribution in [0.3, 0.4) is 0 Å². The van der Waals surface area contributed by atoms with Crippen molar-refractivity contribution < 1.29 is 18.7 Å². The van der Waals surface area contributed by atoms with Gasteiger partial charge in [-0.2, -0.15) is 0 Å². The third kappa shape index (κ3) is 2.98. The number of benzene rings is 1. The lowest BCUT2D eigenvalue weighted by Crippen LogP contribution is -2.42. The molecule has 1 amide bonds. The Labute approximate surface area is 105 Å². The third-order valence-electron chi connectivity index (χ3n) is 2.81. The average Bonchev–Trinajstić information content (AvgIpc) is 2.39. The van der Waals surface area contributed by atoms with Crippen LogP contribution in [0.2, 0.25) is 0 Å². The van der Waals surface area contributed by atoms with Crippen molar-refractivity contribution in [3.05, 3.63) is 35.6 Å². The molecule has 1 atom stereocenters. The fraction of sp³-hybridized carbons (Fsp3) is 0.462. The highest BCUT2D eigenvalue weighted by Gasteiger charge is 2.26. The van der Waals surface area contributed by atoms with Gasteiger partial charge in [-0.05, 0) is 24.6 Å². The highest BCUT2D eigenvalue weighted by Crippen LogP contribution is 2.23. The molecule has 0 aromatic heterocycles. The van der Waals surface area contributed by atoms with Crippen molar-refractivity contribution in [2.75, 3.05) is 26.3 Å². The number of hydrogen-bond donors (Lipinski definition) is 0. The van der Waals surface area contributed by atoms with Crippen LogP contribution < -0.4 is 0 Å². The van der Waals surface area contributed by atoms with Crippen LogP contribution in [0.4, 0.5) is 9.18 Å². The first kappa shape index (κ1) is 12.8. The maximum atomic E-state index is 13.1. The maximum Gasteiger partial charge on any atom is 0.409 e. The van der Waals surface area contributed by atoms with Crippen LogP contribution in [-0.2, 0) is 9.47 Å². The van der Waals surface area contributed by atoms with E-state index in [-0.39, 0.29) is 18.0 Å². The third-order valence-corrected chi connectivity index (χ3v) is 2.81. The Balaban J connectivity index is 2.04. The zero-order valence-electron chi connectivity index (χ0n) is 10.3. The lowest BCUT2D eigenvalue weighted by Gasteiger charge is -2.32. The molecule has 0 N–H and O–H groups in total. The van der Waals surface area contributed by atoms with Crippen molar-refractivity contribution >= 4 is 6.09 Å². The molecular weight excluding hydrogens is 237 g/mol. The van der Waals surface area contributed by atoms with Crippen LogP contribution in [0.5, 0.6) is 0 Å². The lowest BCUT2D eigenvalue weighted by atomic mass is 10.1. The van der Waals surface area contributed by atoms with Gasteiger partial charge in [-0.25, -0.2) is 9.18 Å². The number of ether oxygens (including phenoxy) is 2. The molecule has 0 radical (unpaired) electrons. The van der Waals surface area contributed by atoms with Crippen molar-refractivity contribution in [2.24, 2.45) is 0 Å². The minimum Gasteiger partial charge on any atom is -0.450 e. The minimum atomic E-state index is -0.345. The van der Waals surface area contributed by atoms with Gasteiger partial charge in [-0.1, -0.05) is 12.1 Å². The number of morpholine rings is 1. The molecule has 0 bridgehead atoms. The Morgan fingerprint density at radius 1 is 1.61 bits per heavy atom. The van der Waals surface area contributed by atoms with Crippen LogP contribution in [-0.4, -0.2) is 37.3 Å². The quantitative estimate of drug-likeness (QED) is 0.812. The predicted octanol–water partition coefficient (Wildman–Crippen LogP) is 2.36. The summed E-state index contributed by atoms with van der Waals surface area (Å²) in [5.74, 6) is -0.302. The second-order valence-electron chi connectivity index (χ2n) is 4.06. The highest BCUT2D eigenvalue weighted by molar-refractivity contribution is 5.67. The molecule has 0 spiro atoms. The van der Waals surface area contributed by atoms with Gasteiger partial charge < -0.3 is 14.4 Å². The van der Waals surface area contributed by atoms with E-state index in [1.807, 2.05) is 0 Å². The van der Waals surface area contributed by atoms with Crippen LogP contribution >= 0.6 is 0 Å². The summed E-state index contributed by atoms with van der Waals surface area (Å²) < 4.78 is 23.6. The molecule has 98 valence electrons. The summed E-state index contributed by atoms with van der Waals surface area (Å²) in [4.78, 5) is 13.2. The van der Waals surface area contributed by atoms with E-state index in [2.05, 4.69) is 0 Å². The fourth-order valence-corrected chi connectivity index (χ4v) is 1.94. The van der Waals surface area contributed by atoms with E-state index in [1.54, 1.807) is 24.0 Å². The monoisotopic (exact) mass is 253 g/mol. The van der Waals surface area contributed by atoms with E-state index < -0.39 is 0 Å². The van der Waals surface area contributed by atoms with E-state index >= 15 is 0 Å². The summed E-state index contributed by atoms with van der Waals surface area (Å²) in [6, 6.07) is 6.24. The Kier molecular flexibility index (Phi) is 4.15. The van der Waals surface area contributed by atoms with E-state index in [9.17, 15) is 9.18 Å². The molecule has 0 saturated carbocycles. The maximum absolute atomic E-state index is 13.1. The van der Waals surface area contributed by atoms with Crippen LogP contribution in [0.25, 0.3) is 0 Å². The molecule has 2 rings (SSSR count). The molecular formula is C13H16FNO3. The number of hydrogen-bond acceptors (Lipinski definition) is 3. The van der Waals surface area contributed by atoms with Crippen molar-refractivity contribution in [1.82, 2.24) is 4.90 Å². The number of carbonyl (C=O) groups excluding carboxylic acids is 1. The van der Waals surface area contributed by atoms with E-state index in [0.717, 1.165) is 5.56 Å². The van der Waals surface area contributed by atoms with Gasteiger partial charge in [0.15, 0.2) is 0 Å². The number of rotatable bonds is 2. The average molecular weight is 253 g/mol. The highest BCUT2D eigenvalue weighted by atomic mass is 19.1. The summed E-state index contributed by atoms with van der Waals surface area (Å²) in [6.45, 7) is 3.44. The molecule has 1 saturated heterocycles. The van der Waals surface area contributed by atoms with E-state index in [4.69, 9.17) is 9.47 Å². The number of nitrogens with zero attached hydrogens (tertiary/aromatic N) is 1. The van der Waals surface area contributed by atoms with Crippen LogP contribution in [0.1, 0.15) is 18.6 Å². The zero-order chi connectivity index (χ0) is 13.0. The molecule has 0 aliphatic carbocycles. The Morgan fingerprint density at radius 3 is 3.17 bits per heavy atom. The first-order valence-electron chi connectivity index (χ1n) is 5.99. The summed E-state index contributed by atoms with van der Waals surface area (Å²) in [5, 5.41) is 0. The van der Waals surface area contributed by atoms with Crippen molar-refractivity contribution in [1.29, 1.82) is 0 Å². The summed E-state index contributed by atoms with van der Waals surface area (Å²) in [6.07, 6.45) is -0.638. The Morgan fingerprint density at radius 2 is 2.44 bits per heavy atom. The Hall–Kier alpha value is -1.62. The number of carbonyl (C=O) groups is 1. The van der Waals surface area contributed by atoms with Gasteiger partial charge in [0.25, 0.3) is 0 Å². The van der Waals surface area contributed by atoms with Gasteiger partial charge in [0.2, 0.25) is 0 Å². The van der Waals surface area contributed by atoms with E-state index in [0.29, 0.717) is 26.3 Å². The normalized spacial score (nSPS) is 19.7. The molecule has 1 aliphatic heterocycles. The first-order valence-corrected chi connectivity index (χ1v) is 5.99. The second-order valence-corrected chi connectivity index (χ2v) is 4.06. The molecule has 5 heteroatoms. The lowest BCUT2D eigenvalue weighted by molar-refractivity contribution is -0.0280. The first-order chi connectivity index (χ1) is 8.70. The molecule has 1 aromatic rings. The zero-order valence-corrected chi connectivity index (χ0v) is 10.3. The smallest absolute Gasteiger partial charge is 0.409 e. The van der Waals surface area contributed by atoms with Gasteiger partial charge >= 0.3 is 6.09 Å². The van der Waals surface area contributed by atoms with Gasteiger partial charge in [-0.3, -0.25) is 0 Å². The van der Waals surface area contributed by atoms with Gasteiger partial charge in [-0.15, -0.1) is 0 Å². The number of amides is 1. The van der Waals surface area contributed by atoms with Gasteiger partial charge in [0, 0.05) is 6.54 Å². The molecule has 18 heavy (non-hydrogen) atoms. The second kappa shape index (κ2) is 5.82. The number of halogens is 1. The topological polar surface area (TPSA) is 38.8 Å². The SMILES string of the molecule is CCOC(=O)N1CCO[C@H](c2cccc(F)c2)C1. The fourth-order valence-electron chi connectivity index (χ4n) is 1.94. The summed E-state index contributed by atoms with van der Waals surface area (Å²) in [7, 11) is 0. The molecule has 4 nitrogen and oxygen atoms in total. The van der Waals surface area contributed by atoms with Crippen molar-refractivity contribution in [3.8, 4) is 0 Å². The Bertz CT molecular complexity index is 424. The van der Waals surface area contributed by atoms with E-state index in [1.165, 1.54) is 12.1 Å². The van der Waals surface area contributed by atoms with Crippen molar-refractivity contribution in [2.45, 2.75) is 13.0 Å².